The van der Waals surface area contributed by atoms with Crippen LogP contribution in [0, 0.1) is 5.41 Å². The second-order valence-electron chi connectivity index (χ2n) is 7.58. The summed E-state index contributed by atoms with van der Waals surface area (Å²) in [5.41, 5.74) is 2.24. The Kier molecular flexibility index (Phi) is 5.97. The number of nitrogens with zero attached hydrogens (tertiary/aromatic N) is 3. The SMILES string of the molecule is CCN1CCCC1CN1CC(O)=C(c2nc(-c3ccc(OC)c(OC)c3)cs2)C1=N. The van der Waals surface area contributed by atoms with Crippen LogP contribution >= 0.6 is 11.3 Å². The zero-order valence-electron chi connectivity index (χ0n) is 17.6. The number of hydrogen-bond acceptors (Lipinski definition) is 7. The maximum absolute atomic E-state index is 10.6. The minimum absolute atomic E-state index is 0.231. The number of thiazole rings is 1. The van der Waals surface area contributed by atoms with Crippen molar-refractivity contribution in [3.05, 3.63) is 34.3 Å². The van der Waals surface area contributed by atoms with Gasteiger partial charge in [-0.05, 0) is 44.1 Å². The molecule has 1 aromatic heterocycles. The number of methoxy groups -OCH3 is 2. The van der Waals surface area contributed by atoms with Gasteiger partial charge < -0.3 is 19.5 Å². The highest BCUT2D eigenvalue weighted by Crippen LogP contribution is 2.36. The zero-order valence-corrected chi connectivity index (χ0v) is 18.5. The number of aliphatic hydroxyl groups is 1. The molecule has 0 aliphatic carbocycles. The largest absolute Gasteiger partial charge is 0.510 e. The molecule has 8 heteroatoms. The number of nitrogens with one attached hydrogen (secondary N) is 1. The lowest BCUT2D eigenvalue weighted by molar-refractivity contribution is 0.222. The average Bonchev–Trinajstić information content (AvgIpc) is 3.47. The molecule has 1 aromatic carbocycles. The molecule has 2 aromatic rings. The molecule has 4 rings (SSSR count). The zero-order chi connectivity index (χ0) is 21.3. The second-order valence-corrected chi connectivity index (χ2v) is 8.44. The van der Waals surface area contributed by atoms with Crippen molar-refractivity contribution in [1.82, 2.24) is 14.8 Å². The smallest absolute Gasteiger partial charge is 0.161 e. The Morgan fingerprint density at radius 1 is 1.27 bits per heavy atom. The molecule has 0 radical (unpaired) electrons. The molecule has 0 bridgehead atoms. The van der Waals surface area contributed by atoms with E-state index in [1.165, 1.54) is 17.8 Å². The Bertz CT molecular complexity index is 971. The first kappa shape index (κ1) is 20.7. The molecule has 1 unspecified atom stereocenters. The summed E-state index contributed by atoms with van der Waals surface area (Å²) in [6.45, 7) is 5.48. The van der Waals surface area contributed by atoms with Gasteiger partial charge in [0.15, 0.2) is 11.5 Å². The predicted octanol–water partition coefficient (Wildman–Crippen LogP) is 3.87. The third-order valence-electron chi connectivity index (χ3n) is 5.92. The van der Waals surface area contributed by atoms with E-state index in [0.29, 0.717) is 40.5 Å². The predicted molar refractivity (Wildman–Crippen MR) is 120 cm³/mol. The number of ether oxygens (including phenoxy) is 2. The van der Waals surface area contributed by atoms with Gasteiger partial charge in [0.2, 0.25) is 0 Å². The highest BCUT2D eigenvalue weighted by Gasteiger charge is 2.34. The Hall–Kier alpha value is -2.58. The summed E-state index contributed by atoms with van der Waals surface area (Å²) >= 11 is 1.44. The van der Waals surface area contributed by atoms with Crippen molar-refractivity contribution in [2.24, 2.45) is 0 Å². The molecular weight excluding hydrogens is 400 g/mol. The van der Waals surface area contributed by atoms with Crippen LogP contribution in [-0.2, 0) is 0 Å². The van der Waals surface area contributed by atoms with Crippen molar-refractivity contribution in [1.29, 1.82) is 5.41 Å². The van der Waals surface area contributed by atoms with Crippen molar-refractivity contribution >= 4 is 22.7 Å². The minimum atomic E-state index is 0.231. The Balaban J connectivity index is 1.53. The van der Waals surface area contributed by atoms with Gasteiger partial charge in [-0.15, -0.1) is 11.3 Å². The molecule has 1 atom stereocenters. The van der Waals surface area contributed by atoms with E-state index in [-0.39, 0.29) is 5.76 Å². The standard InChI is InChI=1S/C22H28N4O3S/c1-4-25-9-5-6-15(25)11-26-12-17(27)20(21(26)23)22-24-16(13-30-22)14-7-8-18(28-2)19(10-14)29-3/h7-8,10,13,15,23,27H,4-6,9,11-12H2,1-3H3. The van der Waals surface area contributed by atoms with E-state index in [0.717, 1.165) is 37.3 Å². The fourth-order valence-electron chi connectivity index (χ4n) is 4.30. The molecule has 2 aliphatic rings. The molecule has 1 saturated heterocycles. The van der Waals surface area contributed by atoms with Crippen LogP contribution in [-0.4, -0.2) is 72.2 Å². The van der Waals surface area contributed by atoms with E-state index in [1.54, 1.807) is 14.2 Å². The Labute approximate surface area is 181 Å². The van der Waals surface area contributed by atoms with E-state index in [2.05, 4.69) is 11.8 Å². The highest BCUT2D eigenvalue weighted by atomic mass is 32.1. The number of rotatable bonds is 7. The summed E-state index contributed by atoms with van der Waals surface area (Å²) < 4.78 is 10.7. The maximum Gasteiger partial charge on any atom is 0.161 e. The monoisotopic (exact) mass is 428 g/mol. The van der Waals surface area contributed by atoms with E-state index >= 15 is 0 Å². The first-order valence-corrected chi connectivity index (χ1v) is 11.1. The van der Waals surface area contributed by atoms with E-state index in [9.17, 15) is 5.11 Å². The summed E-state index contributed by atoms with van der Waals surface area (Å²) in [5.74, 6) is 1.90. The molecule has 160 valence electrons. The minimum Gasteiger partial charge on any atom is -0.510 e. The first-order chi connectivity index (χ1) is 14.5. The maximum atomic E-state index is 10.6. The molecule has 0 spiro atoms. The van der Waals surface area contributed by atoms with Gasteiger partial charge >= 0.3 is 0 Å². The van der Waals surface area contributed by atoms with Crippen LogP contribution in [0.4, 0.5) is 0 Å². The van der Waals surface area contributed by atoms with Crippen molar-refractivity contribution in [3.8, 4) is 22.8 Å². The van der Waals surface area contributed by atoms with Crippen LogP contribution in [0.5, 0.6) is 11.5 Å². The van der Waals surface area contributed by atoms with Crippen molar-refractivity contribution in [2.75, 3.05) is 40.4 Å². The lowest BCUT2D eigenvalue weighted by Crippen LogP contribution is -2.41. The van der Waals surface area contributed by atoms with Gasteiger partial charge in [-0.2, -0.15) is 0 Å². The number of aromatic nitrogens is 1. The summed E-state index contributed by atoms with van der Waals surface area (Å²) in [7, 11) is 3.21. The Morgan fingerprint density at radius 2 is 2.07 bits per heavy atom. The van der Waals surface area contributed by atoms with Crippen LogP contribution in [0.2, 0.25) is 0 Å². The number of likely N-dealkylation sites (tertiary alicyclic amines) is 1. The average molecular weight is 429 g/mol. The summed E-state index contributed by atoms with van der Waals surface area (Å²) in [6, 6.07) is 6.11. The Morgan fingerprint density at radius 3 is 2.80 bits per heavy atom. The number of amidine groups is 1. The summed E-state index contributed by atoms with van der Waals surface area (Å²) in [5, 5.41) is 21.9. The van der Waals surface area contributed by atoms with Crippen LogP contribution in [0.1, 0.15) is 24.8 Å². The molecule has 0 saturated carbocycles. The fourth-order valence-corrected chi connectivity index (χ4v) is 5.20. The van der Waals surface area contributed by atoms with Gasteiger partial charge in [0.05, 0.1) is 32.0 Å². The highest BCUT2D eigenvalue weighted by molar-refractivity contribution is 7.11. The lowest BCUT2D eigenvalue weighted by Gasteiger charge is -2.28. The second kappa shape index (κ2) is 8.65. The van der Waals surface area contributed by atoms with Gasteiger partial charge in [-0.25, -0.2) is 4.98 Å². The number of hydrogen-bond donors (Lipinski definition) is 2. The van der Waals surface area contributed by atoms with E-state index in [1.807, 2.05) is 28.5 Å². The first-order valence-electron chi connectivity index (χ1n) is 10.2. The van der Waals surface area contributed by atoms with E-state index in [4.69, 9.17) is 19.9 Å². The molecule has 7 nitrogen and oxygen atoms in total. The van der Waals surface area contributed by atoms with Gasteiger partial charge in [0.25, 0.3) is 0 Å². The number of likely N-dealkylation sites (N-methyl/N-ethyl adjacent to an activating group) is 1. The van der Waals surface area contributed by atoms with Gasteiger partial charge in [0, 0.05) is 23.5 Å². The third-order valence-corrected chi connectivity index (χ3v) is 6.78. The molecular formula is C22H28N4O3S. The van der Waals surface area contributed by atoms with Crippen molar-refractivity contribution < 1.29 is 14.6 Å². The van der Waals surface area contributed by atoms with Crippen molar-refractivity contribution in [2.45, 2.75) is 25.8 Å². The lowest BCUT2D eigenvalue weighted by atomic mass is 10.1. The molecule has 2 aliphatic heterocycles. The quantitative estimate of drug-likeness (QED) is 0.697. The molecule has 3 heterocycles. The fraction of sp³-hybridized carbons (Fsp3) is 0.455. The number of aliphatic hydroxyl groups excluding tert-OH is 1. The normalized spacial score (nSPS) is 19.8. The summed E-state index contributed by atoms with van der Waals surface area (Å²) in [6.07, 6.45) is 2.35. The van der Waals surface area contributed by atoms with Gasteiger partial charge in [0.1, 0.15) is 16.6 Å². The molecule has 1 fully saturated rings. The number of benzene rings is 1. The van der Waals surface area contributed by atoms with Crippen LogP contribution < -0.4 is 9.47 Å². The van der Waals surface area contributed by atoms with Crippen molar-refractivity contribution in [3.63, 3.8) is 0 Å². The van der Waals surface area contributed by atoms with Gasteiger partial charge in [-0.3, -0.25) is 10.3 Å². The topological polar surface area (TPSA) is 81.9 Å². The molecule has 2 N–H and O–H groups in total. The van der Waals surface area contributed by atoms with Crippen LogP contribution in [0.15, 0.2) is 29.3 Å². The summed E-state index contributed by atoms with van der Waals surface area (Å²) in [4.78, 5) is 9.15. The van der Waals surface area contributed by atoms with Crippen LogP contribution in [0.25, 0.3) is 16.8 Å². The van der Waals surface area contributed by atoms with E-state index < -0.39 is 0 Å². The third kappa shape index (κ3) is 3.77. The molecule has 30 heavy (non-hydrogen) atoms. The van der Waals surface area contributed by atoms with Gasteiger partial charge in [-0.1, -0.05) is 6.92 Å². The van der Waals surface area contributed by atoms with Crippen LogP contribution in [0.3, 0.4) is 0 Å². The molecule has 0 amide bonds.